The summed E-state index contributed by atoms with van der Waals surface area (Å²) in [7, 11) is 0. The normalized spacial score (nSPS) is 11.7. The van der Waals surface area contributed by atoms with Crippen molar-refractivity contribution in [1.82, 2.24) is 0 Å². The second kappa shape index (κ2) is 12.2. The molecule has 11 aromatic rings. The molecule has 0 aliphatic rings. The van der Waals surface area contributed by atoms with Crippen LogP contribution < -0.4 is 0 Å². The Balaban J connectivity index is 1.06. The van der Waals surface area contributed by atoms with Crippen molar-refractivity contribution in [1.29, 1.82) is 0 Å². The van der Waals surface area contributed by atoms with Crippen LogP contribution in [-0.4, -0.2) is 0 Å². The molecule has 0 spiro atoms. The summed E-state index contributed by atoms with van der Waals surface area (Å²) in [6.45, 7) is 0. The van der Waals surface area contributed by atoms with E-state index in [1.165, 1.54) is 43.8 Å². The summed E-state index contributed by atoms with van der Waals surface area (Å²) >= 11 is 0. The molecule has 0 unspecified atom stereocenters. The first-order chi connectivity index (χ1) is 26.8. The fraction of sp³-hybridized carbons (Fsp3) is 0. The fourth-order valence-corrected chi connectivity index (χ4v) is 8.47. The molecular formula is C52H32O2. The van der Waals surface area contributed by atoms with E-state index in [0.717, 1.165) is 66.5 Å². The first-order valence-electron chi connectivity index (χ1n) is 18.4. The van der Waals surface area contributed by atoms with E-state index in [9.17, 15) is 0 Å². The monoisotopic (exact) mass is 688 g/mol. The fourth-order valence-electron chi connectivity index (χ4n) is 8.47. The van der Waals surface area contributed by atoms with Crippen molar-refractivity contribution in [3.05, 3.63) is 194 Å². The average Bonchev–Trinajstić information content (AvgIpc) is 3.81. The highest BCUT2D eigenvalue weighted by Gasteiger charge is 2.22. The lowest BCUT2D eigenvalue weighted by molar-refractivity contribution is 0.629. The maximum absolute atomic E-state index is 6.73. The maximum Gasteiger partial charge on any atom is 0.143 e. The van der Waals surface area contributed by atoms with Crippen LogP contribution in [0.5, 0.6) is 0 Å². The molecular weight excluding hydrogens is 657 g/mol. The summed E-state index contributed by atoms with van der Waals surface area (Å²) in [5.74, 6) is 0.866. The first kappa shape index (κ1) is 30.5. The van der Waals surface area contributed by atoms with E-state index >= 15 is 0 Å². The third-order valence-corrected chi connectivity index (χ3v) is 10.9. The van der Waals surface area contributed by atoms with E-state index in [0.29, 0.717) is 0 Å². The van der Waals surface area contributed by atoms with Crippen LogP contribution in [-0.2, 0) is 0 Å². The van der Waals surface area contributed by atoms with Gasteiger partial charge in [0.2, 0.25) is 0 Å². The van der Waals surface area contributed by atoms with Gasteiger partial charge >= 0.3 is 0 Å². The standard InChI is InChI=1S/C52H32O2/c1-4-15-34(16-5-1)48-39-21-10-12-23-41(39)49(42-24-13-11-22-40(42)48)36-29-27-33(28-30-36)38-25-14-26-43-44-31-45-47(32-46(44)54-52(38)43)53-51(37-19-8-3-9-20-37)50(45)35-17-6-2-7-18-35/h1-32H. The first-order valence-corrected chi connectivity index (χ1v) is 18.4. The Bertz CT molecular complexity index is 3110. The van der Waals surface area contributed by atoms with Crippen molar-refractivity contribution >= 4 is 54.5 Å². The van der Waals surface area contributed by atoms with Gasteiger partial charge in [0.15, 0.2) is 0 Å². The van der Waals surface area contributed by atoms with Crippen LogP contribution in [0, 0.1) is 0 Å². The summed E-state index contributed by atoms with van der Waals surface area (Å²) in [5, 5.41) is 8.24. The number of rotatable bonds is 5. The van der Waals surface area contributed by atoms with Gasteiger partial charge in [-0.15, -0.1) is 0 Å². The molecule has 252 valence electrons. The van der Waals surface area contributed by atoms with Gasteiger partial charge in [-0.1, -0.05) is 182 Å². The molecule has 2 nitrogen and oxygen atoms in total. The van der Waals surface area contributed by atoms with Gasteiger partial charge in [0.05, 0.1) is 0 Å². The largest absolute Gasteiger partial charge is 0.455 e. The number of para-hydroxylation sites is 1. The highest BCUT2D eigenvalue weighted by Crippen LogP contribution is 2.46. The van der Waals surface area contributed by atoms with Gasteiger partial charge in [0, 0.05) is 38.9 Å². The van der Waals surface area contributed by atoms with Crippen LogP contribution >= 0.6 is 0 Å². The number of furan rings is 2. The van der Waals surface area contributed by atoms with E-state index in [2.05, 4.69) is 188 Å². The molecule has 54 heavy (non-hydrogen) atoms. The van der Waals surface area contributed by atoms with E-state index in [-0.39, 0.29) is 0 Å². The highest BCUT2D eigenvalue weighted by atomic mass is 16.3. The van der Waals surface area contributed by atoms with Gasteiger partial charge in [-0.2, -0.15) is 0 Å². The van der Waals surface area contributed by atoms with Crippen LogP contribution in [0.3, 0.4) is 0 Å². The number of fused-ring (bicyclic) bond motifs is 6. The van der Waals surface area contributed by atoms with Crippen LogP contribution in [0.1, 0.15) is 0 Å². The third-order valence-electron chi connectivity index (χ3n) is 10.9. The summed E-state index contributed by atoms with van der Waals surface area (Å²) in [4.78, 5) is 0. The SMILES string of the molecule is c1ccc(-c2oc3cc4oc5c(-c6ccc(-c7c8ccccc8c(-c8ccccc8)c8ccccc78)cc6)cccc5c4cc3c2-c2ccccc2)cc1. The predicted octanol–water partition coefficient (Wildman–Crippen LogP) is 15.0. The lowest BCUT2D eigenvalue weighted by Crippen LogP contribution is -1.90. The summed E-state index contributed by atoms with van der Waals surface area (Å²) in [6.07, 6.45) is 0. The molecule has 0 bridgehead atoms. The van der Waals surface area contributed by atoms with E-state index < -0.39 is 0 Å². The quantitative estimate of drug-likeness (QED) is 0.168. The summed E-state index contributed by atoms with van der Waals surface area (Å²) < 4.78 is 13.4. The van der Waals surface area contributed by atoms with Gasteiger partial charge in [0.1, 0.15) is 22.5 Å². The lowest BCUT2D eigenvalue weighted by Gasteiger charge is -2.18. The van der Waals surface area contributed by atoms with Crippen molar-refractivity contribution in [2.24, 2.45) is 0 Å². The smallest absolute Gasteiger partial charge is 0.143 e. The van der Waals surface area contributed by atoms with Crippen molar-refractivity contribution in [2.75, 3.05) is 0 Å². The Labute approximate surface area is 312 Å². The minimum absolute atomic E-state index is 0.808. The van der Waals surface area contributed by atoms with Gasteiger partial charge in [-0.25, -0.2) is 0 Å². The van der Waals surface area contributed by atoms with Crippen LogP contribution in [0.4, 0.5) is 0 Å². The zero-order valence-corrected chi connectivity index (χ0v) is 29.3. The molecule has 2 heterocycles. The molecule has 2 heteroatoms. The molecule has 0 fully saturated rings. The predicted molar refractivity (Wildman–Crippen MR) is 226 cm³/mol. The Kier molecular flexibility index (Phi) is 6.90. The van der Waals surface area contributed by atoms with E-state index in [4.69, 9.17) is 8.83 Å². The summed E-state index contributed by atoms with van der Waals surface area (Å²) in [5.41, 5.74) is 12.9. The molecule has 9 aromatic carbocycles. The van der Waals surface area contributed by atoms with Crippen LogP contribution in [0.25, 0.3) is 110 Å². The molecule has 0 aliphatic carbocycles. The van der Waals surface area contributed by atoms with Gasteiger partial charge in [0.25, 0.3) is 0 Å². The molecule has 0 N–H and O–H groups in total. The molecule has 2 aromatic heterocycles. The van der Waals surface area contributed by atoms with Gasteiger partial charge in [-0.05, 0) is 61.0 Å². The molecule has 11 rings (SSSR count). The Morgan fingerprint density at radius 2 is 0.704 bits per heavy atom. The average molecular weight is 689 g/mol. The number of hydrogen-bond acceptors (Lipinski definition) is 2. The topological polar surface area (TPSA) is 26.3 Å². The second-order valence-electron chi connectivity index (χ2n) is 14.0. The minimum atomic E-state index is 0.808. The number of hydrogen-bond donors (Lipinski definition) is 0. The minimum Gasteiger partial charge on any atom is -0.455 e. The zero-order valence-electron chi connectivity index (χ0n) is 29.3. The van der Waals surface area contributed by atoms with Crippen molar-refractivity contribution < 1.29 is 8.83 Å². The molecule has 0 radical (unpaired) electrons. The van der Waals surface area contributed by atoms with E-state index in [1.807, 2.05) is 6.07 Å². The Morgan fingerprint density at radius 1 is 0.259 bits per heavy atom. The van der Waals surface area contributed by atoms with Gasteiger partial charge in [-0.3, -0.25) is 0 Å². The van der Waals surface area contributed by atoms with Crippen molar-refractivity contribution in [3.63, 3.8) is 0 Å². The van der Waals surface area contributed by atoms with Gasteiger partial charge < -0.3 is 8.83 Å². The number of benzene rings is 9. The maximum atomic E-state index is 6.73. The Morgan fingerprint density at radius 3 is 1.28 bits per heavy atom. The molecule has 0 aliphatic heterocycles. The van der Waals surface area contributed by atoms with Crippen molar-refractivity contribution in [3.8, 4) is 55.8 Å². The third kappa shape index (κ3) is 4.74. The van der Waals surface area contributed by atoms with Crippen molar-refractivity contribution in [2.45, 2.75) is 0 Å². The zero-order chi connectivity index (χ0) is 35.6. The molecule has 0 amide bonds. The lowest BCUT2D eigenvalue weighted by atomic mass is 9.85. The van der Waals surface area contributed by atoms with Crippen LogP contribution in [0.15, 0.2) is 203 Å². The summed E-state index contributed by atoms with van der Waals surface area (Å²) in [6, 6.07) is 69.0. The molecule has 0 saturated carbocycles. The van der Waals surface area contributed by atoms with Crippen LogP contribution in [0.2, 0.25) is 0 Å². The second-order valence-corrected chi connectivity index (χ2v) is 14.0. The Hall–Kier alpha value is -7.16. The molecule has 0 atom stereocenters. The molecule has 0 saturated heterocycles. The van der Waals surface area contributed by atoms with E-state index in [1.54, 1.807) is 0 Å². The highest BCUT2D eigenvalue weighted by molar-refractivity contribution is 6.21.